The van der Waals surface area contributed by atoms with Crippen molar-refractivity contribution in [3.05, 3.63) is 96.2 Å². The lowest BCUT2D eigenvalue weighted by Crippen LogP contribution is -1.98. The van der Waals surface area contributed by atoms with Gasteiger partial charge in [-0.15, -0.1) is 0 Å². The van der Waals surface area contributed by atoms with Crippen molar-refractivity contribution in [2.45, 2.75) is 6.61 Å². The van der Waals surface area contributed by atoms with Crippen LogP contribution in [0.1, 0.15) is 16.1 Å². The van der Waals surface area contributed by atoms with Gasteiger partial charge < -0.3 is 14.6 Å². The molecule has 0 fully saturated rings. The molecule has 0 aliphatic carbocycles. The topological polar surface area (TPSA) is 68.7 Å². The van der Waals surface area contributed by atoms with E-state index in [1.165, 1.54) is 12.1 Å². The molecule has 5 nitrogen and oxygen atoms in total. The first-order valence-corrected chi connectivity index (χ1v) is 8.76. The number of hydrogen-bond acceptors (Lipinski definition) is 4. The number of aromatic nitrogens is 1. The molecule has 0 saturated heterocycles. The van der Waals surface area contributed by atoms with Gasteiger partial charge in [0.15, 0.2) is 0 Å². The number of carboxylic acids is 1. The number of hydrogen-bond donors (Lipinski definition) is 1. The van der Waals surface area contributed by atoms with Crippen LogP contribution in [-0.2, 0) is 6.61 Å². The summed E-state index contributed by atoms with van der Waals surface area (Å²) >= 11 is 0. The normalized spacial score (nSPS) is 10.6. The van der Waals surface area contributed by atoms with Crippen LogP contribution in [0.5, 0.6) is 17.2 Å². The Morgan fingerprint density at radius 3 is 2.43 bits per heavy atom. The van der Waals surface area contributed by atoms with E-state index in [4.69, 9.17) is 14.6 Å². The van der Waals surface area contributed by atoms with E-state index >= 15 is 0 Å². The van der Waals surface area contributed by atoms with Crippen molar-refractivity contribution < 1.29 is 19.4 Å². The lowest BCUT2D eigenvalue weighted by Gasteiger charge is -2.10. The van der Waals surface area contributed by atoms with E-state index in [-0.39, 0.29) is 5.56 Å². The molecule has 0 saturated carbocycles. The van der Waals surface area contributed by atoms with E-state index in [0.717, 1.165) is 16.6 Å². The average Bonchev–Trinajstić information content (AvgIpc) is 2.73. The van der Waals surface area contributed by atoms with E-state index in [1.54, 1.807) is 18.2 Å². The van der Waals surface area contributed by atoms with Crippen LogP contribution >= 0.6 is 0 Å². The summed E-state index contributed by atoms with van der Waals surface area (Å²) in [6.07, 6.45) is 0. The summed E-state index contributed by atoms with van der Waals surface area (Å²) in [5.41, 5.74) is 1.99. The summed E-state index contributed by atoms with van der Waals surface area (Å²) in [5.74, 6) is 0.851. The molecule has 0 atom stereocenters. The Bertz CT molecular complexity index is 1120. The van der Waals surface area contributed by atoms with Crippen LogP contribution in [0.2, 0.25) is 0 Å². The van der Waals surface area contributed by atoms with E-state index < -0.39 is 5.97 Å². The van der Waals surface area contributed by atoms with Crippen molar-refractivity contribution in [2.24, 2.45) is 0 Å². The number of rotatable bonds is 6. The lowest BCUT2D eigenvalue weighted by molar-refractivity contribution is 0.0697. The molecule has 0 aliphatic rings. The number of fused-ring (bicyclic) bond motifs is 1. The van der Waals surface area contributed by atoms with Gasteiger partial charge in [-0.3, -0.25) is 0 Å². The largest absolute Gasteiger partial charge is 0.487 e. The highest BCUT2D eigenvalue weighted by atomic mass is 16.5. The molecule has 0 unspecified atom stereocenters. The SMILES string of the molecule is O=C(O)c1ccc(Oc2cccc(OCc3ccc4ccccc4n3)c2)cc1. The molecule has 1 heterocycles. The van der Waals surface area contributed by atoms with E-state index in [1.807, 2.05) is 54.6 Å². The summed E-state index contributed by atoms with van der Waals surface area (Å²) in [5, 5.41) is 10.0. The summed E-state index contributed by atoms with van der Waals surface area (Å²) in [4.78, 5) is 15.5. The van der Waals surface area contributed by atoms with Crippen LogP contribution in [0.15, 0.2) is 84.9 Å². The molecule has 1 aromatic heterocycles. The maximum Gasteiger partial charge on any atom is 0.335 e. The minimum absolute atomic E-state index is 0.215. The predicted molar refractivity (Wildman–Crippen MR) is 106 cm³/mol. The Kier molecular flexibility index (Phi) is 4.89. The third-order valence-corrected chi connectivity index (χ3v) is 4.19. The zero-order valence-electron chi connectivity index (χ0n) is 14.9. The van der Waals surface area contributed by atoms with Gasteiger partial charge in [-0.25, -0.2) is 9.78 Å². The first-order chi connectivity index (χ1) is 13.7. The first kappa shape index (κ1) is 17.5. The van der Waals surface area contributed by atoms with E-state index in [0.29, 0.717) is 23.9 Å². The molecule has 4 aromatic rings. The Hall–Kier alpha value is -3.86. The van der Waals surface area contributed by atoms with Crippen LogP contribution in [0.4, 0.5) is 0 Å². The first-order valence-electron chi connectivity index (χ1n) is 8.76. The van der Waals surface area contributed by atoms with Gasteiger partial charge in [-0.2, -0.15) is 0 Å². The Balaban J connectivity index is 1.43. The fraction of sp³-hybridized carbons (Fsp3) is 0.0435. The fourth-order valence-corrected chi connectivity index (χ4v) is 2.78. The number of carbonyl (C=O) groups is 1. The number of carboxylic acid groups (broad SMARTS) is 1. The van der Waals surface area contributed by atoms with E-state index in [9.17, 15) is 4.79 Å². The molecule has 0 bridgehead atoms. The summed E-state index contributed by atoms with van der Waals surface area (Å²) in [7, 11) is 0. The molecule has 0 radical (unpaired) electrons. The van der Waals surface area contributed by atoms with Gasteiger partial charge in [0, 0.05) is 11.5 Å². The number of pyridine rings is 1. The third-order valence-electron chi connectivity index (χ3n) is 4.19. The van der Waals surface area contributed by atoms with Crippen LogP contribution in [-0.4, -0.2) is 16.1 Å². The summed E-state index contributed by atoms with van der Waals surface area (Å²) < 4.78 is 11.6. The van der Waals surface area contributed by atoms with Gasteiger partial charge in [0.05, 0.1) is 16.8 Å². The van der Waals surface area contributed by atoms with Gasteiger partial charge in [0.2, 0.25) is 0 Å². The van der Waals surface area contributed by atoms with E-state index in [2.05, 4.69) is 4.98 Å². The summed E-state index contributed by atoms with van der Waals surface area (Å²) in [6, 6.07) is 25.5. The number of benzene rings is 3. The molecule has 138 valence electrons. The molecule has 0 spiro atoms. The Morgan fingerprint density at radius 1 is 0.821 bits per heavy atom. The average molecular weight is 371 g/mol. The molecule has 28 heavy (non-hydrogen) atoms. The van der Waals surface area contributed by atoms with Crippen molar-refractivity contribution in [1.82, 2.24) is 4.98 Å². The van der Waals surface area contributed by atoms with Gasteiger partial charge in [0.1, 0.15) is 23.9 Å². The molecular formula is C23H17NO4. The predicted octanol–water partition coefficient (Wildman–Crippen LogP) is 5.30. The van der Waals surface area contributed by atoms with Gasteiger partial charge >= 0.3 is 5.97 Å². The molecule has 4 rings (SSSR count). The fourth-order valence-electron chi connectivity index (χ4n) is 2.78. The lowest BCUT2D eigenvalue weighted by atomic mass is 10.2. The zero-order valence-corrected chi connectivity index (χ0v) is 14.9. The second-order valence-electron chi connectivity index (χ2n) is 6.19. The Morgan fingerprint density at radius 2 is 1.61 bits per heavy atom. The van der Waals surface area contributed by atoms with Crippen LogP contribution in [0, 0.1) is 0 Å². The second-order valence-corrected chi connectivity index (χ2v) is 6.19. The smallest absolute Gasteiger partial charge is 0.335 e. The molecular weight excluding hydrogens is 354 g/mol. The van der Waals surface area contributed by atoms with Crippen molar-refractivity contribution in [1.29, 1.82) is 0 Å². The number of ether oxygens (including phenoxy) is 2. The third kappa shape index (κ3) is 4.10. The molecule has 5 heteroatoms. The summed E-state index contributed by atoms with van der Waals surface area (Å²) in [6.45, 7) is 0.349. The number of para-hydroxylation sites is 1. The van der Waals surface area contributed by atoms with Gasteiger partial charge in [-0.1, -0.05) is 30.3 Å². The Labute approximate surface area is 161 Å². The molecule has 0 aliphatic heterocycles. The monoisotopic (exact) mass is 371 g/mol. The molecule has 0 amide bonds. The molecule has 3 aromatic carbocycles. The number of nitrogens with zero attached hydrogens (tertiary/aromatic N) is 1. The molecule has 1 N–H and O–H groups in total. The van der Waals surface area contributed by atoms with Crippen LogP contribution in [0.3, 0.4) is 0 Å². The standard InChI is InChI=1S/C23H17NO4/c25-23(26)17-9-12-19(13-10-17)28-21-6-3-5-20(14-21)27-15-18-11-8-16-4-1-2-7-22(16)24-18/h1-14H,15H2,(H,25,26). The highest BCUT2D eigenvalue weighted by Crippen LogP contribution is 2.26. The van der Waals surface area contributed by atoms with Crippen molar-refractivity contribution >= 4 is 16.9 Å². The van der Waals surface area contributed by atoms with Crippen molar-refractivity contribution in [2.75, 3.05) is 0 Å². The maximum atomic E-state index is 10.9. The minimum atomic E-state index is -0.968. The van der Waals surface area contributed by atoms with Gasteiger partial charge in [-0.05, 0) is 48.5 Å². The highest BCUT2D eigenvalue weighted by molar-refractivity contribution is 5.87. The van der Waals surface area contributed by atoms with Gasteiger partial charge in [0.25, 0.3) is 0 Å². The van der Waals surface area contributed by atoms with Crippen LogP contribution < -0.4 is 9.47 Å². The highest BCUT2D eigenvalue weighted by Gasteiger charge is 2.05. The van der Waals surface area contributed by atoms with Crippen molar-refractivity contribution in [3.8, 4) is 17.2 Å². The minimum Gasteiger partial charge on any atom is -0.487 e. The second kappa shape index (κ2) is 7.80. The van der Waals surface area contributed by atoms with Crippen LogP contribution in [0.25, 0.3) is 10.9 Å². The van der Waals surface area contributed by atoms with Crippen molar-refractivity contribution in [3.63, 3.8) is 0 Å². The quantitative estimate of drug-likeness (QED) is 0.498. The maximum absolute atomic E-state index is 10.9. The zero-order chi connectivity index (χ0) is 19.3. The number of aromatic carboxylic acids is 1.